The van der Waals surface area contributed by atoms with E-state index in [1.165, 1.54) is 21.2 Å². The van der Waals surface area contributed by atoms with Crippen molar-refractivity contribution in [2.45, 2.75) is 49.9 Å². The standard InChI is InChI=1S/C21H24O2Se/c1-13-10-12-17-19(18-14(2)9-11-16(13)18)23-20(22)21(17,3)24-15-7-5-4-6-8-15/h4-8,17-19H,2,9-12H2,1,3H3/t17-,18+,19+,21-/m1/s1. The first-order chi connectivity index (χ1) is 11.5. The molecule has 0 unspecified atom stereocenters. The molecule has 0 aromatic heterocycles. The number of carbonyl (C=O) groups is 1. The minimum atomic E-state index is -0.363. The van der Waals surface area contributed by atoms with Crippen molar-refractivity contribution < 1.29 is 9.53 Å². The fraction of sp³-hybridized carbons (Fsp3) is 0.476. The molecule has 1 saturated heterocycles. The molecule has 0 spiro atoms. The summed E-state index contributed by atoms with van der Waals surface area (Å²) in [5, 5.41) is 0. The Hall–Kier alpha value is -1.31. The second kappa shape index (κ2) is 5.89. The van der Waals surface area contributed by atoms with E-state index in [9.17, 15) is 4.79 Å². The van der Waals surface area contributed by atoms with E-state index in [4.69, 9.17) is 4.74 Å². The van der Waals surface area contributed by atoms with Crippen LogP contribution in [0.1, 0.15) is 39.5 Å². The molecule has 0 amide bonds. The monoisotopic (exact) mass is 388 g/mol. The third-order valence-electron chi connectivity index (χ3n) is 6.06. The van der Waals surface area contributed by atoms with E-state index in [0.29, 0.717) is 5.92 Å². The van der Waals surface area contributed by atoms with Gasteiger partial charge in [-0.1, -0.05) is 0 Å². The second-order valence-electron chi connectivity index (χ2n) is 7.48. The summed E-state index contributed by atoms with van der Waals surface area (Å²) in [5.74, 6) is 0.590. The summed E-state index contributed by atoms with van der Waals surface area (Å²) in [5.41, 5.74) is 4.29. The molecule has 1 aromatic rings. The van der Waals surface area contributed by atoms with E-state index >= 15 is 0 Å². The Labute approximate surface area is 150 Å². The SMILES string of the molecule is C=C1CCC2=C(C)CC[C@@H]3[C@H](OC(=O)[C@]3(C)[Se]c3ccccc3)[C@@H]12. The molecule has 0 bridgehead atoms. The number of carbonyl (C=O) groups excluding carboxylic acids is 1. The van der Waals surface area contributed by atoms with Crippen molar-refractivity contribution in [2.24, 2.45) is 11.8 Å². The van der Waals surface area contributed by atoms with Crippen molar-refractivity contribution in [1.82, 2.24) is 0 Å². The average Bonchev–Trinajstić information content (AvgIpc) is 3.00. The molecule has 1 saturated carbocycles. The zero-order valence-corrected chi connectivity index (χ0v) is 16.1. The average molecular weight is 387 g/mol. The van der Waals surface area contributed by atoms with Crippen LogP contribution in [0.2, 0.25) is 4.31 Å². The zero-order chi connectivity index (χ0) is 16.9. The summed E-state index contributed by atoms with van der Waals surface area (Å²) in [4.78, 5) is 12.9. The molecule has 1 aromatic carbocycles. The Kier molecular flexibility index (Phi) is 3.97. The second-order valence-corrected chi connectivity index (χ2v) is 10.7. The van der Waals surface area contributed by atoms with Crippen LogP contribution in [0.4, 0.5) is 0 Å². The van der Waals surface area contributed by atoms with Gasteiger partial charge in [0.2, 0.25) is 0 Å². The number of allylic oxidation sites excluding steroid dienone is 1. The van der Waals surface area contributed by atoms with Gasteiger partial charge < -0.3 is 0 Å². The van der Waals surface area contributed by atoms with Gasteiger partial charge in [-0.25, -0.2) is 0 Å². The van der Waals surface area contributed by atoms with Gasteiger partial charge in [-0.15, -0.1) is 0 Å². The van der Waals surface area contributed by atoms with Gasteiger partial charge >= 0.3 is 150 Å². The summed E-state index contributed by atoms with van der Waals surface area (Å²) in [6.45, 7) is 8.72. The van der Waals surface area contributed by atoms with E-state index in [-0.39, 0.29) is 37.3 Å². The van der Waals surface area contributed by atoms with Gasteiger partial charge in [-0.2, -0.15) is 0 Å². The number of benzene rings is 1. The Morgan fingerprint density at radius 3 is 2.71 bits per heavy atom. The number of hydrogen-bond donors (Lipinski definition) is 0. The molecule has 4 atom stereocenters. The molecule has 2 fully saturated rings. The topological polar surface area (TPSA) is 26.3 Å². The van der Waals surface area contributed by atoms with Crippen LogP contribution in [0, 0.1) is 11.8 Å². The van der Waals surface area contributed by atoms with E-state index in [1.54, 1.807) is 0 Å². The van der Waals surface area contributed by atoms with Crippen molar-refractivity contribution in [3.63, 3.8) is 0 Å². The first kappa shape index (κ1) is 16.2. The van der Waals surface area contributed by atoms with Crippen LogP contribution in [-0.4, -0.2) is 27.0 Å². The van der Waals surface area contributed by atoms with Gasteiger partial charge in [0.25, 0.3) is 0 Å². The van der Waals surface area contributed by atoms with Crippen molar-refractivity contribution >= 4 is 25.4 Å². The Bertz CT molecular complexity index is 721. The van der Waals surface area contributed by atoms with Crippen molar-refractivity contribution in [3.05, 3.63) is 53.6 Å². The summed E-state index contributed by atoms with van der Waals surface area (Å²) >= 11 is 0.0864. The number of hydrogen-bond acceptors (Lipinski definition) is 2. The van der Waals surface area contributed by atoms with Gasteiger partial charge in [0.05, 0.1) is 0 Å². The fourth-order valence-electron chi connectivity index (χ4n) is 4.67. The van der Waals surface area contributed by atoms with Crippen molar-refractivity contribution in [1.29, 1.82) is 0 Å². The number of esters is 1. The molecular formula is C21H24O2Se. The zero-order valence-electron chi connectivity index (χ0n) is 14.4. The summed E-state index contributed by atoms with van der Waals surface area (Å²) in [6.07, 6.45) is 4.32. The van der Waals surface area contributed by atoms with Gasteiger partial charge in [0.15, 0.2) is 0 Å². The third-order valence-corrected chi connectivity index (χ3v) is 9.00. The predicted molar refractivity (Wildman–Crippen MR) is 97.4 cm³/mol. The quantitative estimate of drug-likeness (QED) is 0.438. The van der Waals surface area contributed by atoms with Crippen LogP contribution in [0.3, 0.4) is 0 Å². The molecule has 0 N–H and O–H groups in total. The first-order valence-corrected chi connectivity index (χ1v) is 10.5. The van der Waals surface area contributed by atoms with Gasteiger partial charge in [-0.3, -0.25) is 0 Å². The summed E-state index contributed by atoms with van der Waals surface area (Å²) in [6, 6.07) is 10.4. The fourth-order valence-corrected chi connectivity index (χ4v) is 7.44. The Morgan fingerprint density at radius 2 is 1.96 bits per heavy atom. The predicted octanol–water partition coefficient (Wildman–Crippen LogP) is 3.81. The Balaban J connectivity index is 1.70. The van der Waals surface area contributed by atoms with Crippen LogP contribution < -0.4 is 4.46 Å². The van der Waals surface area contributed by atoms with Crippen LogP contribution in [0.5, 0.6) is 0 Å². The van der Waals surface area contributed by atoms with Gasteiger partial charge in [-0.05, 0) is 0 Å². The minimum absolute atomic E-state index is 0.00976. The van der Waals surface area contributed by atoms with Gasteiger partial charge in [0, 0.05) is 0 Å². The summed E-state index contributed by atoms with van der Waals surface area (Å²) < 4.78 is 6.97. The molecule has 1 aliphatic heterocycles. The molecule has 3 heteroatoms. The molecule has 4 rings (SSSR count). The van der Waals surface area contributed by atoms with Crippen molar-refractivity contribution in [2.75, 3.05) is 0 Å². The first-order valence-electron chi connectivity index (χ1n) is 8.82. The number of ether oxygens (including phenoxy) is 1. The number of fused-ring (bicyclic) bond motifs is 3. The number of rotatable bonds is 2. The Morgan fingerprint density at radius 1 is 1.21 bits per heavy atom. The molecule has 126 valence electrons. The molecule has 1 heterocycles. The molecule has 24 heavy (non-hydrogen) atoms. The molecule has 2 aliphatic carbocycles. The van der Waals surface area contributed by atoms with E-state index < -0.39 is 0 Å². The van der Waals surface area contributed by atoms with Crippen LogP contribution in [0.15, 0.2) is 53.6 Å². The third kappa shape index (κ3) is 2.41. The van der Waals surface area contributed by atoms with E-state index in [1.807, 2.05) is 6.07 Å². The molecule has 3 aliphatic rings. The van der Waals surface area contributed by atoms with Crippen molar-refractivity contribution in [3.8, 4) is 0 Å². The summed E-state index contributed by atoms with van der Waals surface area (Å²) in [7, 11) is 0. The van der Waals surface area contributed by atoms with Crippen LogP contribution in [0.25, 0.3) is 0 Å². The maximum absolute atomic E-state index is 12.9. The molecule has 2 nitrogen and oxygen atoms in total. The van der Waals surface area contributed by atoms with Crippen LogP contribution in [-0.2, 0) is 9.53 Å². The maximum atomic E-state index is 12.9. The van der Waals surface area contributed by atoms with Crippen LogP contribution >= 0.6 is 0 Å². The normalized spacial score (nSPS) is 35.5. The molecule has 0 radical (unpaired) electrons. The van der Waals surface area contributed by atoms with Gasteiger partial charge in [0.1, 0.15) is 0 Å². The molecular weight excluding hydrogens is 363 g/mol. The van der Waals surface area contributed by atoms with E-state index in [0.717, 1.165) is 25.7 Å². The van der Waals surface area contributed by atoms with E-state index in [2.05, 4.69) is 44.7 Å².